The van der Waals surface area contributed by atoms with Gasteiger partial charge in [0.15, 0.2) is 0 Å². The first-order valence-corrected chi connectivity index (χ1v) is 12.0. The lowest BCUT2D eigenvalue weighted by Gasteiger charge is -2.30. The molecule has 3 saturated heterocycles. The number of hydrogen-bond donors (Lipinski definition) is 1. The number of likely N-dealkylation sites (tertiary alicyclic amines) is 1. The van der Waals surface area contributed by atoms with E-state index in [0.29, 0.717) is 38.6 Å². The fourth-order valence-corrected chi connectivity index (χ4v) is 7.08. The number of ether oxygens (including phenoxy) is 1. The van der Waals surface area contributed by atoms with Crippen molar-refractivity contribution in [3.8, 4) is 0 Å². The normalized spacial score (nSPS) is 25.9. The van der Waals surface area contributed by atoms with Gasteiger partial charge in [0, 0.05) is 38.4 Å². The Labute approximate surface area is 173 Å². The lowest BCUT2D eigenvalue weighted by molar-refractivity contribution is -0.122. The van der Waals surface area contributed by atoms with Gasteiger partial charge in [-0.2, -0.15) is 4.31 Å². The van der Waals surface area contributed by atoms with Crippen LogP contribution in [0.1, 0.15) is 37.7 Å². The second-order valence-corrected chi connectivity index (χ2v) is 10.1. The number of rotatable bonds is 6. The standard InChI is InChI=1S/C20H30N2O3S.CH2O2/c23-26(24,18-10-15-25-16-11-18)22-14-9-19-20(22)8-13-21(19)12-4-7-17-5-2-1-3-6-17;2-1-3/h1-3,5-6,18-20H,4,7-16H2;1H,(H,2,3)/t19-,20-;/m0./s1. The van der Waals surface area contributed by atoms with Crippen LogP contribution < -0.4 is 0 Å². The minimum Gasteiger partial charge on any atom is -0.483 e. The second-order valence-electron chi connectivity index (χ2n) is 7.91. The smallest absolute Gasteiger partial charge is 0.290 e. The summed E-state index contributed by atoms with van der Waals surface area (Å²) in [4.78, 5) is 10.9. The van der Waals surface area contributed by atoms with Crippen LogP contribution in [0.5, 0.6) is 0 Å². The molecule has 3 aliphatic heterocycles. The molecule has 8 heteroatoms. The average Bonchev–Trinajstić information content (AvgIpc) is 3.33. The Morgan fingerprint density at radius 1 is 1.03 bits per heavy atom. The molecule has 0 unspecified atom stereocenters. The molecular weight excluding hydrogens is 392 g/mol. The van der Waals surface area contributed by atoms with E-state index >= 15 is 0 Å². The summed E-state index contributed by atoms with van der Waals surface area (Å²) in [6.07, 6.45) is 5.50. The minimum absolute atomic E-state index is 0.194. The predicted octanol–water partition coefficient (Wildman–Crippen LogP) is 1.98. The van der Waals surface area contributed by atoms with Crippen molar-refractivity contribution in [2.45, 2.75) is 55.9 Å². The third-order valence-electron chi connectivity index (χ3n) is 6.31. The van der Waals surface area contributed by atoms with E-state index in [1.54, 1.807) is 0 Å². The zero-order chi connectivity index (χ0) is 20.7. The van der Waals surface area contributed by atoms with Crippen LogP contribution in [0.2, 0.25) is 0 Å². The van der Waals surface area contributed by atoms with E-state index in [4.69, 9.17) is 14.6 Å². The zero-order valence-electron chi connectivity index (χ0n) is 16.9. The summed E-state index contributed by atoms with van der Waals surface area (Å²) in [5.74, 6) is 0. The van der Waals surface area contributed by atoms with Crippen LogP contribution in [0.25, 0.3) is 0 Å². The first-order valence-electron chi connectivity index (χ1n) is 10.5. The Kier molecular flexibility index (Phi) is 8.06. The van der Waals surface area contributed by atoms with Crippen LogP contribution in [0.4, 0.5) is 0 Å². The molecule has 0 aromatic heterocycles. The van der Waals surface area contributed by atoms with Crippen molar-refractivity contribution in [3.63, 3.8) is 0 Å². The number of aryl methyl sites for hydroxylation is 1. The maximum absolute atomic E-state index is 13.1. The highest BCUT2D eigenvalue weighted by molar-refractivity contribution is 7.89. The Bertz CT molecular complexity index is 737. The lowest BCUT2D eigenvalue weighted by Crippen LogP contribution is -2.45. The van der Waals surface area contributed by atoms with Gasteiger partial charge in [0.25, 0.3) is 6.47 Å². The van der Waals surface area contributed by atoms with Crippen molar-refractivity contribution in [3.05, 3.63) is 35.9 Å². The fraction of sp³-hybridized carbons (Fsp3) is 0.667. The number of fused-ring (bicyclic) bond motifs is 1. The largest absolute Gasteiger partial charge is 0.483 e. The van der Waals surface area contributed by atoms with Crippen molar-refractivity contribution in [2.75, 3.05) is 32.8 Å². The summed E-state index contributed by atoms with van der Waals surface area (Å²) in [6.45, 7) is 3.71. The number of carboxylic acid groups (broad SMARTS) is 1. The number of hydrogen-bond acceptors (Lipinski definition) is 5. The van der Waals surface area contributed by atoms with Gasteiger partial charge in [-0.05, 0) is 50.6 Å². The Balaban J connectivity index is 0.000000755. The van der Waals surface area contributed by atoms with Gasteiger partial charge in [-0.25, -0.2) is 8.42 Å². The SMILES string of the molecule is O=CO.O=S(=O)(C1CCOCC1)N1CC[C@H]2[C@@H]1CCN2CCCc1ccccc1. The summed E-state index contributed by atoms with van der Waals surface area (Å²) in [5, 5.41) is 6.65. The molecule has 7 nitrogen and oxygen atoms in total. The highest BCUT2D eigenvalue weighted by atomic mass is 32.2. The Morgan fingerprint density at radius 3 is 2.38 bits per heavy atom. The zero-order valence-corrected chi connectivity index (χ0v) is 17.7. The van der Waals surface area contributed by atoms with Gasteiger partial charge in [-0.3, -0.25) is 9.69 Å². The molecule has 0 radical (unpaired) electrons. The van der Waals surface area contributed by atoms with Crippen LogP contribution >= 0.6 is 0 Å². The molecule has 3 fully saturated rings. The highest BCUT2D eigenvalue weighted by Crippen LogP contribution is 2.36. The Morgan fingerprint density at radius 2 is 1.69 bits per heavy atom. The van der Waals surface area contributed by atoms with Crippen molar-refractivity contribution < 1.29 is 23.1 Å². The van der Waals surface area contributed by atoms with E-state index in [0.717, 1.165) is 38.8 Å². The van der Waals surface area contributed by atoms with Gasteiger partial charge in [0.2, 0.25) is 10.0 Å². The van der Waals surface area contributed by atoms with E-state index in [2.05, 4.69) is 35.2 Å². The van der Waals surface area contributed by atoms with Crippen molar-refractivity contribution >= 4 is 16.5 Å². The summed E-state index contributed by atoms with van der Waals surface area (Å²) >= 11 is 0. The number of nitrogens with zero attached hydrogens (tertiary/aromatic N) is 2. The summed E-state index contributed by atoms with van der Waals surface area (Å²) in [7, 11) is -3.18. The predicted molar refractivity (Wildman–Crippen MR) is 111 cm³/mol. The quantitative estimate of drug-likeness (QED) is 0.703. The van der Waals surface area contributed by atoms with Gasteiger partial charge in [0.1, 0.15) is 0 Å². The minimum atomic E-state index is -3.18. The molecule has 29 heavy (non-hydrogen) atoms. The highest BCUT2D eigenvalue weighted by Gasteiger charge is 2.48. The number of sulfonamides is 1. The summed E-state index contributed by atoms with van der Waals surface area (Å²) in [5.41, 5.74) is 1.39. The first kappa shape index (κ1) is 22.2. The van der Waals surface area contributed by atoms with Crippen molar-refractivity contribution in [1.29, 1.82) is 0 Å². The first-order chi connectivity index (χ1) is 14.1. The van der Waals surface area contributed by atoms with Crippen LogP contribution in [-0.4, -0.2) is 79.4 Å². The van der Waals surface area contributed by atoms with Crippen LogP contribution in [0, 0.1) is 0 Å². The fourth-order valence-electron chi connectivity index (χ4n) is 4.93. The van der Waals surface area contributed by atoms with E-state index in [1.165, 1.54) is 5.56 Å². The molecule has 3 heterocycles. The molecule has 2 atom stereocenters. The molecule has 0 saturated carbocycles. The molecule has 1 aromatic carbocycles. The van der Waals surface area contributed by atoms with Gasteiger partial charge < -0.3 is 9.84 Å². The van der Waals surface area contributed by atoms with Crippen molar-refractivity contribution in [1.82, 2.24) is 9.21 Å². The molecular formula is C21H32N2O5S. The Hall–Kier alpha value is -1.48. The maximum Gasteiger partial charge on any atom is 0.290 e. The lowest BCUT2D eigenvalue weighted by atomic mass is 10.1. The van der Waals surface area contributed by atoms with E-state index in [9.17, 15) is 8.42 Å². The molecule has 0 amide bonds. The topological polar surface area (TPSA) is 87.1 Å². The van der Waals surface area contributed by atoms with E-state index < -0.39 is 10.0 Å². The molecule has 162 valence electrons. The molecule has 0 spiro atoms. The maximum atomic E-state index is 13.1. The average molecular weight is 425 g/mol. The molecule has 4 rings (SSSR count). The molecule has 1 N–H and O–H groups in total. The van der Waals surface area contributed by atoms with Gasteiger partial charge in [-0.1, -0.05) is 30.3 Å². The third kappa shape index (κ3) is 5.36. The van der Waals surface area contributed by atoms with E-state index in [1.807, 2.05) is 4.31 Å². The summed E-state index contributed by atoms with van der Waals surface area (Å²) < 4.78 is 33.4. The molecule has 0 aliphatic carbocycles. The number of benzene rings is 1. The van der Waals surface area contributed by atoms with Crippen LogP contribution in [-0.2, 0) is 26.0 Å². The molecule has 3 aliphatic rings. The van der Waals surface area contributed by atoms with Crippen LogP contribution in [0.15, 0.2) is 30.3 Å². The molecule has 1 aromatic rings. The second kappa shape index (κ2) is 10.5. The van der Waals surface area contributed by atoms with Gasteiger partial charge in [0.05, 0.1) is 5.25 Å². The monoisotopic (exact) mass is 424 g/mol. The van der Waals surface area contributed by atoms with Crippen LogP contribution in [0.3, 0.4) is 0 Å². The van der Waals surface area contributed by atoms with Gasteiger partial charge >= 0.3 is 0 Å². The van der Waals surface area contributed by atoms with Crippen molar-refractivity contribution in [2.24, 2.45) is 0 Å². The molecule has 0 bridgehead atoms. The van der Waals surface area contributed by atoms with Gasteiger partial charge in [-0.15, -0.1) is 0 Å². The third-order valence-corrected chi connectivity index (χ3v) is 8.73. The van der Waals surface area contributed by atoms with E-state index in [-0.39, 0.29) is 17.8 Å². The summed E-state index contributed by atoms with van der Waals surface area (Å²) in [6, 6.07) is 11.2. The number of carbonyl (C=O) groups is 1.